The summed E-state index contributed by atoms with van der Waals surface area (Å²) in [5.41, 5.74) is 2.52. The van der Waals surface area contributed by atoms with E-state index in [4.69, 9.17) is 21.6 Å². The number of carbonyl (C=O) groups is 2. The fourth-order valence-corrected chi connectivity index (χ4v) is 2.83. The van der Waals surface area contributed by atoms with Crippen molar-refractivity contribution < 1.29 is 14.3 Å². The van der Waals surface area contributed by atoms with Crippen LogP contribution in [-0.4, -0.2) is 38.1 Å². The number of ether oxygens (including phenoxy) is 1. The molecule has 0 fully saturated rings. The third kappa shape index (κ3) is 4.07. The zero-order valence-electron chi connectivity index (χ0n) is 15.1. The molecule has 0 unspecified atom stereocenters. The number of carbonyl (C=O) groups excluding carboxylic acids is 2. The van der Waals surface area contributed by atoms with Gasteiger partial charge in [0.25, 0.3) is 11.7 Å². The molecular formula is C18H15ClN6O3. The van der Waals surface area contributed by atoms with Crippen LogP contribution in [0.2, 0.25) is 5.02 Å². The minimum Gasteiger partial charge on any atom is -0.455 e. The number of nitrogens with one attached hydrogen (secondary N) is 1. The van der Waals surface area contributed by atoms with Crippen LogP contribution in [0.4, 0.5) is 5.69 Å². The van der Waals surface area contributed by atoms with Crippen LogP contribution in [0.15, 0.2) is 24.5 Å². The first kappa shape index (κ1) is 19.3. The maximum atomic E-state index is 12.2. The number of fused-ring (bicyclic) bond motifs is 1. The molecule has 0 saturated heterocycles. The summed E-state index contributed by atoms with van der Waals surface area (Å²) in [6.07, 6.45) is 1.32. The summed E-state index contributed by atoms with van der Waals surface area (Å²) in [6, 6.07) is 6.43. The third-order valence-electron chi connectivity index (χ3n) is 4.05. The van der Waals surface area contributed by atoms with E-state index >= 15 is 0 Å². The molecule has 3 rings (SSSR count). The van der Waals surface area contributed by atoms with Crippen molar-refractivity contribution >= 4 is 34.9 Å². The van der Waals surface area contributed by atoms with Gasteiger partial charge in [-0.15, -0.1) is 0 Å². The molecule has 1 N–H and O–H groups in total. The number of hydrogen-bond acceptors (Lipinski definition) is 7. The first-order valence-electron chi connectivity index (χ1n) is 8.20. The summed E-state index contributed by atoms with van der Waals surface area (Å²) in [7, 11) is 0. The number of esters is 1. The van der Waals surface area contributed by atoms with Crippen LogP contribution in [0, 0.1) is 25.2 Å². The van der Waals surface area contributed by atoms with Gasteiger partial charge in [0.1, 0.15) is 12.4 Å². The van der Waals surface area contributed by atoms with Crippen LogP contribution in [0.5, 0.6) is 0 Å². The highest BCUT2D eigenvalue weighted by Crippen LogP contribution is 2.20. The third-order valence-corrected chi connectivity index (χ3v) is 4.29. The van der Waals surface area contributed by atoms with Gasteiger partial charge in [-0.1, -0.05) is 11.6 Å². The molecule has 0 spiro atoms. The van der Waals surface area contributed by atoms with Gasteiger partial charge in [0.05, 0.1) is 17.7 Å². The number of hydrogen-bond donors (Lipinski definition) is 1. The van der Waals surface area contributed by atoms with Gasteiger partial charge in [0.2, 0.25) is 0 Å². The van der Waals surface area contributed by atoms with E-state index < -0.39 is 18.5 Å². The van der Waals surface area contributed by atoms with Crippen molar-refractivity contribution in [2.45, 2.75) is 20.3 Å². The van der Waals surface area contributed by atoms with Crippen LogP contribution >= 0.6 is 11.6 Å². The van der Waals surface area contributed by atoms with Crippen LogP contribution in [-0.2, 0) is 20.7 Å². The Morgan fingerprint density at radius 1 is 1.36 bits per heavy atom. The molecule has 0 aliphatic heterocycles. The Labute approximate surface area is 164 Å². The average Bonchev–Trinajstić information content (AvgIpc) is 3.12. The fourth-order valence-electron chi connectivity index (χ4n) is 2.66. The summed E-state index contributed by atoms with van der Waals surface area (Å²) in [6.45, 7) is 3.07. The van der Waals surface area contributed by atoms with E-state index in [0.717, 1.165) is 5.69 Å². The van der Waals surface area contributed by atoms with Gasteiger partial charge in [-0.25, -0.2) is 9.50 Å². The molecule has 0 saturated carbocycles. The molecule has 1 aromatic carbocycles. The van der Waals surface area contributed by atoms with Crippen molar-refractivity contribution in [3.8, 4) is 6.07 Å². The quantitative estimate of drug-likeness (QED) is 0.652. The molecule has 0 bridgehead atoms. The monoisotopic (exact) mass is 398 g/mol. The molecule has 0 atom stereocenters. The SMILES string of the molecule is Cc1nc2ncnn2c(C)c1CC(=O)OCC(=O)Nc1cc(Cl)ccc1C#N. The largest absolute Gasteiger partial charge is 0.455 e. The molecule has 1 amide bonds. The Hall–Kier alpha value is -3.51. The second kappa shape index (κ2) is 8.02. The second-order valence-electron chi connectivity index (χ2n) is 5.92. The van der Waals surface area contributed by atoms with E-state index in [9.17, 15) is 9.59 Å². The van der Waals surface area contributed by atoms with Gasteiger partial charge in [-0.05, 0) is 32.0 Å². The van der Waals surface area contributed by atoms with Crippen LogP contribution in [0.25, 0.3) is 5.78 Å². The van der Waals surface area contributed by atoms with Gasteiger partial charge < -0.3 is 10.1 Å². The van der Waals surface area contributed by atoms with Crippen molar-refractivity contribution in [2.24, 2.45) is 0 Å². The van der Waals surface area contributed by atoms with Crippen molar-refractivity contribution in [3.05, 3.63) is 52.1 Å². The number of rotatable bonds is 5. The maximum absolute atomic E-state index is 12.2. The lowest BCUT2D eigenvalue weighted by atomic mass is 10.1. The highest BCUT2D eigenvalue weighted by molar-refractivity contribution is 6.31. The predicted octanol–water partition coefficient (Wildman–Crippen LogP) is 1.99. The molecule has 3 aromatic rings. The molecule has 142 valence electrons. The van der Waals surface area contributed by atoms with Gasteiger partial charge in [0.15, 0.2) is 6.61 Å². The average molecular weight is 399 g/mol. The maximum Gasteiger partial charge on any atom is 0.310 e. The van der Waals surface area contributed by atoms with Gasteiger partial charge in [-0.2, -0.15) is 15.3 Å². The number of benzene rings is 1. The molecule has 2 aromatic heterocycles. The topological polar surface area (TPSA) is 122 Å². The number of halogens is 1. The summed E-state index contributed by atoms with van der Waals surface area (Å²) >= 11 is 5.87. The molecule has 0 radical (unpaired) electrons. The normalized spacial score (nSPS) is 10.5. The Morgan fingerprint density at radius 3 is 2.89 bits per heavy atom. The van der Waals surface area contributed by atoms with Crippen LogP contribution < -0.4 is 5.32 Å². The number of anilines is 1. The lowest BCUT2D eigenvalue weighted by Crippen LogP contribution is -2.22. The first-order valence-corrected chi connectivity index (χ1v) is 8.57. The second-order valence-corrected chi connectivity index (χ2v) is 6.36. The number of aryl methyl sites for hydroxylation is 2. The van der Waals surface area contributed by atoms with Crippen molar-refractivity contribution in [1.29, 1.82) is 5.26 Å². The Bertz CT molecular complexity index is 1120. The van der Waals surface area contributed by atoms with E-state index in [0.29, 0.717) is 22.1 Å². The number of aromatic nitrogens is 4. The zero-order valence-corrected chi connectivity index (χ0v) is 15.8. The highest BCUT2D eigenvalue weighted by Gasteiger charge is 2.16. The molecular weight excluding hydrogens is 384 g/mol. The molecule has 2 heterocycles. The van der Waals surface area contributed by atoms with E-state index in [1.807, 2.05) is 6.07 Å². The molecule has 0 aliphatic rings. The lowest BCUT2D eigenvalue weighted by Gasteiger charge is -2.11. The lowest BCUT2D eigenvalue weighted by molar-refractivity contribution is -0.146. The van der Waals surface area contributed by atoms with E-state index in [1.165, 1.54) is 23.0 Å². The Morgan fingerprint density at radius 2 is 2.14 bits per heavy atom. The van der Waals surface area contributed by atoms with Crippen molar-refractivity contribution in [2.75, 3.05) is 11.9 Å². The predicted molar refractivity (Wildman–Crippen MR) is 99.7 cm³/mol. The Balaban J connectivity index is 1.63. The highest BCUT2D eigenvalue weighted by atomic mass is 35.5. The minimum absolute atomic E-state index is 0.0612. The fraction of sp³-hybridized carbons (Fsp3) is 0.222. The summed E-state index contributed by atoms with van der Waals surface area (Å²) in [4.78, 5) is 32.5. The molecule has 0 aliphatic carbocycles. The van der Waals surface area contributed by atoms with Gasteiger partial charge in [-0.3, -0.25) is 9.59 Å². The Kier molecular flexibility index (Phi) is 5.52. The smallest absolute Gasteiger partial charge is 0.310 e. The van der Waals surface area contributed by atoms with Crippen molar-refractivity contribution in [1.82, 2.24) is 19.6 Å². The van der Waals surface area contributed by atoms with Crippen LogP contribution in [0.1, 0.15) is 22.5 Å². The summed E-state index contributed by atoms with van der Waals surface area (Å²) in [5, 5.41) is 16.0. The standard InChI is InChI=1S/C18H15ClN6O3/c1-10-14(11(2)25-18(23-10)21-9-22-25)6-17(27)28-8-16(26)24-15-5-13(19)4-3-12(15)7-20/h3-5,9H,6,8H2,1-2H3,(H,24,26). The number of nitrogens with zero attached hydrogens (tertiary/aromatic N) is 5. The zero-order chi connectivity index (χ0) is 20.3. The number of amides is 1. The minimum atomic E-state index is -0.589. The van der Waals surface area contributed by atoms with Crippen molar-refractivity contribution in [3.63, 3.8) is 0 Å². The molecule has 9 nitrogen and oxygen atoms in total. The van der Waals surface area contributed by atoms with E-state index in [-0.39, 0.29) is 17.7 Å². The number of nitriles is 1. The van der Waals surface area contributed by atoms with Gasteiger partial charge in [0, 0.05) is 22.0 Å². The van der Waals surface area contributed by atoms with Crippen LogP contribution in [0.3, 0.4) is 0 Å². The molecule has 28 heavy (non-hydrogen) atoms. The molecule has 10 heteroatoms. The van der Waals surface area contributed by atoms with E-state index in [1.54, 1.807) is 19.9 Å². The van der Waals surface area contributed by atoms with E-state index in [2.05, 4.69) is 20.4 Å². The summed E-state index contributed by atoms with van der Waals surface area (Å²) < 4.78 is 6.58. The van der Waals surface area contributed by atoms with Gasteiger partial charge >= 0.3 is 5.97 Å². The first-order chi connectivity index (χ1) is 13.4. The summed E-state index contributed by atoms with van der Waals surface area (Å²) in [5.74, 6) is -0.721.